The summed E-state index contributed by atoms with van der Waals surface area (Å²) in [6.07, 6.45) is 4.22. The molecule has 254 valence electrons. The summed E-state index contributed by atoms with van der Waals surface area (Å²) in [5.41, 5.74) is 7.63. The monoisotopic (exact) mass is 662 g/mol. The highest BCUT2D eigenvalue weighted by atomic mass is 28.3. The number of likely N-dealkylation sites (N-methyl/N-ethyl adjacent to an activating group) is 2. The minimum atomic E-state index is -1.36. The van der Waals surface area contributed by atoms with Crippen LogP contribution in [0.3, 0.4) is 0 Å². The second kappa shape index (κ2) is 16.6. The third-order valence-electron chi connectivity index (χ3n) is 7.87. The molecule has 0 aliphatic heterocycles. The van der Waals surface area contributed by atoms with Crippen LogP contribution in [-0.4, -0.2) is 94.7 Å². The summed E-state index contributed by atoms with van der Waals surface area (Å²) in [5, 5.41) is 7.43. The van der Waals surface area contributed by atoms with Crippen LogP contribution < -0.4 is 25.8 Å². The summed E-state index contributed by atoms with van der Waals surface area (Å²) < 4.78 is 13.5. The predicted molar refractivity (Wildman–Crippen MR) is 194 cm³/mol. The SMILES string of the molecule is CNOCCCN(C)CCN(C)c1cc(OC)c(Nc2nccc(-c3cn(C)c4ccccc34)n2)cc1NC(=O)OCC[Si](C)(C)C. The molecule has 0 aliphatic carbocycles. The van der Waals surface area contributed by atoms with E-state index in [9.17, 15) is 4.79 Å². The van der Waals surface area contributed by atoms with Gasteiger partial charge in [-0.1, -0.05) is 37.8 Å². The molecule has 0 aliphatic rings. The normalized spacial score (nSPS) is 11.6. The zero-order chi connectivity index (χ0) is 34.0. The molecule has 0 saturated heterocycles. The summed E-state index contributed by atoms with van der Waals surface area (Å²) in [6, 6.07) is 14.8. The Labute approximate surface area is 279 Å². The van der Waals surface area contributed by atoms with Gasteiger partial charge in [0.05, 0.1) is 43.1 Å². The first-order valence-corrected chi connectivity index (χ1v) is 19.7. The van der Waals surface area contributed by atoms with Gasteiger partial charge in [-0.25, -0.2) is 20.2 Å². The number of para-hydroxylation sites is 1. The first-order chi connectivity index (χ1) is 22.5. The Morgan fingerprint density at radius 1 is 1.02 bits per heavy atom. The lowest BCUT2D eigenvalue weighted by atomic mass is 10.1. The molecule has 2 heterocycles. The number of hydrogen-bond acceptors (Lipinski definition) is 10. The molecule has 0 fully saturated rings. The second-order valence-corrected chi connectivity index (χ2v) is 18.5. The molecule has 0 atom stereocenters. The number of carbonyl (C=O) groups excluding carboxylic acids is 1. The Morgan fingerprint density at radius 3 is 2.55 bits per heavy atom. The van der Waals surface area contributed by atoms with E-state index in [4.69, 9.17) is 19.3 Å². The van der Waals surface area contributed by atoms with Gasteiger partial charge in [-0.15, -0.1) is 0 Å². The fraction of sp³-hybridized carbons (Fsp3) is 0.441. The average Bonchev–Trinajstić information content (AvgIpc) is 3.38. The van der Waals surface area contributed by atoms with E-state index in [-0.39, 0.29) is 0 Å². The highest BCUT2D eigenvalue weighted by Gasteiger charge is 2.19. The first kappa shape index (κ1) is 35.7. The third kappa shape index (κ3) is 10.2. The summed E-state index contributed by atoms with van der Waals surface area (Å²) >= 11 is 0. The predicted octanol–water partition coefficient (Wildman–Crippen LogP) is 6.18. The number of benzene rings is 2. The summed E-state index contributed by atoms with van der Waals surface area (Å²) in [6.45, 7) is 10.2. The number of hydrogen-bond donors (Lipinski definition) is 3. The number of amides is 1. The van der Waals surface area contributed by atoms with Crippen LogP contribution in [-0.2, 0) is 16.6 Å². The highest BCUT2D eigenvalue weighted by Crippen LogP contribution is 2.38. The molecule has 12 nitrogen and oxygen atoms in total. The topological polar surface area (TPSA) is 118 Å². The van der Waals surface area contributed by atoms with Gasteiger partial charge in [0.2, 0.25) is 5.95 Å². The zero-order valence-electron chi connectivity index (χ0n) is 29.0. The molecule has 2 aromatic carbocycles. The van der Waals surface area contributed by atoms with Crippen molar-refractivity contribution in [2.45, 2.75) is 32.1 Å². The standard InChI is InChI=1S/C34H50N8O4Si/c1-35-46-19-11-16-40(2)17-18-41(3)31-23-32(44-5)29(22-28(31)39-34(43)45-20-21-47(6,7)8)38-33-36-15-14-27(37-33)26-24-42(4)30-13-10-9-12-25(26)30/h9-10,12-15,22-24,35H,11,16-21H2,1-8H3,(H,39,43)(H,36,37,38). The van der Waals surface area contributed by atoms with Gasteiger partial charge in [-0.2, -0.15) is 0 Å². The molecular formula is C34H50N8O4Si. The molecule has 0 unspecified atom stereocenters. The van der Waals surface area contributed by atoms with Crippen molar-refractivity contribution in [2.75, 3.05) is 76.6 Å². The fourth-order valence-corrected chi connectivity index (χ4v) is 5.86. The van der Waals surface area contributed by atoms with Crippen molar-refractivity contribution in [1.29, 1.82) is 0 Å². The summed E-state index contributed by atoms with van der Waals surface area (Å²) in [4.78, 5) is 31.9. The Hall–Kier alpha value is -4.17. The van der Waals surface area contributed by atoms with Crippen LogP contribution in [0.25, 0.3) is 22.2 Å². The number of nitrogens with one attached hydrogen (secondary N) is 3. The van der Waals surface area contributed by atoms with Crippen LogP contribution in [0.4, 0.5) is 27.8 Å². The van der Waals surface area contributed by atoms with E-state index in [2.05, 4.69) is 80.5 Å². The average molecular weight is 663 g/mol. The van der Waals surface area contributed by atoms with E-state index in [1.807, 2.05) is 44.4 Å². The zero-order valence-corrected chi connectivity index (χ0v) is 30.0. The summed E-state index contributed by atoms with van der Waals surface area (Å²) in [5.74, 6) is 0.989. The van der Waals surface area contributed by atoms with Crippen molar-refractivity contribution >= 4 is 48.1 Å². The molecule has 1 amide bonds. The number of aromatic nitrogens is 3. The van der Waals surface area contributed by atoms with E-state index in [1.165, 1.54) is 0 Å². The maximum atomic E-state index is 13.0. The van der Waals surface area contributed by atoms with E-state index in [1.54, 1.807) is 20.4 Å². The lowest BCUT2D eigenvalue weighted by Crippen LogP contribution is -2.32. The number of hydroxylamine groups is 1. The number of fused-ring (bicyclic) bond motifs is 1. The van der Waals surface area contributed by atoms with Crippen LogP contribution in [0.5, 0.6) is 5.75 Å². The number of anilines is 4. The van der Waals surface area contributed by atoms with Gasteiger partial charge in [0, 0.05) is 83.8 Å². The number of ether oxygens (including phenoxy) is 2. The molecule has 13 heteroatoms. The molecule has 0 spiro atoms. The van der Waals surface area contributed by atoms with E-state index in [0.29, 0.717) is 36.3 Å². The number of methoxy groups -OCH3 is 1. The quantitative estimate of drug-likeness (QED) is 0.0687. The van der Waals surface area contributed by atoms with Crippen LogP contribution in [0.15, 0.2) is 54.9 Å². The number of rotatable bonds is 17. The number of nitrogens with zero attached hydrogens (tertiary/aromatic N) is 5. The Morgan fingerprint density at radius 2 is 1.81 bits per heavy atom. The van der Waals surface area contributed by atoms with E-state index in [0.717, 1.165) is 59.9 Å². The van der Waals surface area contributed by atoms with Crippen LogP contribution in [0, 0.1) is 0 Å². The van der Waals surface area contributed by atoms with Crippen molar-refractivity contribution in [3.05, 3.63) is 54.9 Å². The van der Waals surface area contributed by atoms with Gasteiger partial charge >= 0.3 is 6.09 Å². The second-order valence-electron chi connectivity index (χ2n) is 12.8. The third-order valence-corrected chi connectivity index (χ3v) is 9.58. The van der Waals surface area contributed by atoms with Crippen LogP contribution in [0.1, 0.15) is 6.42 Å². The lowest BCUT2D eigenvalue weighted by molar-refractivity contribution is 0.0522. The largest absolute Gasteiger partial charge is 0.494 e. The van der Waals surface area contributed by atoms with Crippen LogP contribution >= 0.6 is 0 Å². The van der Waals surface area contributed by atoms with Gasteiger partial charge in [0.25, 0.3) is 0 Å². The minimum Gasteiger partial charge on any atom is -0.494 e. The van der Waals surface area contributed by atoms with E-state index >= 15 is 0 Å². The number of carbonyl (C=O) groups is 1. The Balaban J connectivity index is 1.59. The highest BCUT2D eigenvalue weighted by molar-refractivity contribution is 6.76. The van der Waals surface area contributed by atoms with Gasteiger partial charge in [0.15, 0.2) is 0 Å². The van der Waals surface area contributed by atoms with Crippen molar-refractivity contribution in [2.24, 2.45) is 7.05 Å². The van der Waals surface area contributed by atoms with Gasteiger partial charge in [0.1, 0.15) is 5.75 Å². The molecule has 4 rings (SSSR count). The molecule has 47 heavy (non-hydrogen) atoms. The van der Waals surface area contributed by atoms with Gasteiger partial charge in [-0.05, 0) is 37.7 Å². The smallest absolute Gasteiger partial charge is 0.411 e. The number of aryl methyl sites for hydroxylation is 1. The fourth-order valence-electron chi connectivity index (χ4n) is 5.14. The Bertz CT molecular complexity index is 1620. The Kier molecular flexibility index (Phi) is 12.6. The molecule has 0 saturated carbocycles. The lowest BCUT2D eigenvalue weighted by Gasteiger charge is -2.27. The maximum absolute atomic E-state index is 13.0. The van der Waals surface area contributed by atoms with Gasteiger partial charge in [-0.3, -0.25) is 5.32 Å². The first-order valence-electron chi connectivity index (χ1n) is 16.0. The van der Waals surface area contributed by atoms with Crippen molar-refractivity contribution in [3.63, 3.8) is 0 Å². The van der Waals surface area contributed by atoms with Crippen LogP contribution in [0.2, 0.25) is 25.7 Å². The molecule has 3 N–H and O–H groups in total. The maximum Gasteiger partial charge on any atom is 0.411 e. The van der Waals surface area contributed by atoms with Gasteiger partial charge < -0.3 is 34.0 Å². The van der Waals surface area contributed by atoms with Crippen molar-refractivity contribution in [3.8, 4) is 17.0 Å². The van der Waals surface area contributed by atoms with Crippen molar-refractivity contribution in [1.82, 2.24) is 24.9 Å². The molecule has 4 aromatic rings. The molecular weight excluding hydrogens is 613 g/mol. The molecule has 0 radical (unpaired) electrons. The minimum absolute atomic E-state index is 0.380. The molecule has 2 aromatic heterocycles. The molecule has 0 bridgehead atoms. The summed E-state index contributed by atoms with van der Waals surface area (Å²) in [7, 11) is 8.13. The van der Waals surface area contributed by atoms with Crippen molar-refractivity contribution < 1.29 is 19.1 Å². The van der Waals surface area contributed by atoms with E-state index < -0.39 is 14.2 Å².